The van der Waals surface area contributed by atoms with Gasteiger partial charge in [0.1, 0.15) is 0 Å². The van der Waals surface area contributed by atoms with Gasteiger partial charge in [-0.05, 0) is 12.5 Å². The molecule has 3 amide bonds. The number of hydrogen-bond acceptors (Lipinski definition) is 8. The molecule has 3 N–H and O–H groups in total. The summed E-state index contributed by atoms with van der Waals surface area (Å²) in [5.74, 6) is -0.385. The monoisotopic (exact) mass is 395 g/mol. The molecule has 1 aromatic heterocycles. The number of amides is 3. The lowest BCUT2D eigenvalue weighted by atomic mass is 10.2. The van der Waals surface area contributed by atoms with Gasteiger partial charge in [-0.1, -0.05) is 53.4 Å². The third-order valence-electron chi connectivity index (χ3n) is 3.17. The SMILES string of the molecule is COCCNc1nnc(S[C@@H](C)C(=O)NC(=O)NCc2ccccc2)s1. The van der Waals surface area contributed by atoms with Gasteiger partial charge in [0.25, 0.3) is 0 Å². The number of imide groups is 1. The van der Waals surface area contributed by atoms with E-state index in [0.717, 1.165) is 5.56 Å². The number of urea groups is 1. The van der Waals surface area contributed by atoms with E-state index in [-0.39, 0.29) is 5.91 Å². The maximum absolute atomic E-state index is 12.1. The average molecular weight is 396 g/mol. The average Bonchev–Trinajstić information content (AvgIpc) is 3.08. The largest absolute Gasteiger partial charge is 0.383 e. The summed E-state index contributed by atoms with van der Waals surface area (Å²) in [6.07, 6.45) is 0. The highest BCUT2D eigenvalue weighted by Gasteiger charge is 2.19. The quantitative estimate of drug-likeness (QED) is 0.441. The highest BCUT2D eigenvalue weighted by Crippen LogP contribution is 2.28. The number of anilines is 1. The summed E-state index contributed by atoms with van der Waals surface area (Å²) in [6.45, 7) is 3.27. The maximum atomic E-state index is 12.1. The summed E-state index contributed by atoms with van der Waals surface area (Å²) in [5.41, 5.74) is 0.958. The highest BCUT2D eigenvalue weighted by molar-refractivity contribution is 8.02. The van der Waals surface area contributed by atoms with Crippen molar-refractivity contribution in [1.29, 1.82) is 0 Å². The van der Waals surface area contributed by atoms with E-state index in [0.29, 0.717) is 29.2 Å². The lowest BCUT2D eigenvalue weighted by molar-refractivity contribution is -0.119. The van der Waals surface area contributed by atoms with Gasteiger partial charge < -0.3 is 15.4 Å². The minimum absolute atomic E-state index is 0.356. The van der Waals surface area contributed by atoms with Crippen LogP contribution in [-0.4, -0.2) is 47.6 Å². The zero-order valence-electron chi connectivity index (χ0n) is 14.5. The van der Waals surface area contributed by atoms with E-state index in [4.69, 9.17) is 4.74 Å². The molecule has 0 unspecified atom stereocenters. The number of nitrogens with one attached hydrogen (secondary N) is 3. The van der Waals surface area contributed by atoms with Crippen molar-refractivity contribution in [1.82, 2.24) is 20.8 Å². The third kappa shape index (κ3) is 6.98. The predicted molar refractivity (Wildman–Crippen MR) is 102 cm³/mol. The smallest absolute Gasteiger partial charge is 0.321 e. The maximum Gasteiger partial charge on any atom is 0.321 e. The summed E-state index contributed by atoms with van der Waals surface area (Å²) in [6, 6.07) is 8.95. The normalized spacial score (nSPS) is 11.6. The molecule has 2 rings (SSSR count). The highest BCUT2D eigenvalue weighted by atomic mass is 32.2. The number of ether oxygens (including phenoxy) is 1. The Balaban J connectivity index is 1.73. The van der Waals surface area contributed by atoms with Gasteiger partial charge in [0, 0.05) is 20.2 Å². The van der Waals surface area contributed by atoms with Crippen LogP contribution in [0.4, 0.5) is 9.93 Å². The van der Waals surface area contributed by atoms with E-state index in [2.05, 4.69) is 26.1 Å². The number of methoxy groups -OCH3 is 1. The van der Waals surface area contributed by atoms with Crippen LogP contribution in [0.3, 0.4) is 0 Å². The molecule has 0 saturated carbocycles. The van der Waals surface area contributed by atoms with Crippen molar-refractivity contribution in [3.8, 4) is 0 Å². The molecule has 0 saturated heterocycles. The summed E-state index contributed by atoms with van der Waals surface area (Å²) in [5, 5.41) is 16.3. The number of carbonyl (C=O) groups excluding carboxylic acids is 2. The Kier molecular flexibility index (Phi) is 8.32. The fourth-order valence-electron chi connectivity index (χ4n) is 1.83. The first-order valence-electron chi connectivity index (χ1n) is 7.94. The van der Waals surface area contributed by atoms with Crippen LogP contribution in [0.5, 0.6) is 0 Å². The number of rotatable bonds is 9. The van der Waals surface area contributed by atoms with Crippen molar-refractivity contribution < 1.29 is 14.3 Å². The summed E-state index contributed by atoms with van der Waals surface area (Å²) in [4.78, 5) is 24.0. The van der Waals surface area contributed by atoms with E-state index < -0.39 is 11.3 Å². The number of thioether (sulfide) groups is 1. The van der Waals surface area contributed by atoms with Gasteiger partial charge in [-0.2, -0.15) is 0 Å². The number of carbonyl (C=O) groups is 2. The lowest BCUT2D eigenvalue weighted by Gasteiger charge is -2.10. The van der Waals surface area contributed by atoms with E-state index in [1.54, 1.807) is 14.0 Å². The first-order chi connectivity index (χ1) is 12.6. The van der Waals surface area contributed by atoms with Crippen molar-refractivity contribution in [3.63, 3.8) is 0 Å². The molecule has 1 aromatic carbocycles. The van der Waals surface area contributed by atoms with Crippen molar-refractivity contribution >= 4 is 40.2 Å². The zero-order chi connectivity index (χ0) is 18.8. The number of benzene rings is 1. The Morgan fingerprint density at radius 3 is 2.77 bits per heavy atom. The molecule has 26 heavy (non-hydrogen) atoms. The summed E-state index contributed by atoms with van der Waals surface area (Å²) < 4.78 is 5.60. The Bertz CT molecular complexity index is 711. The molecule has 1 heterocycles. The molecule has 0 fully saturated rings. The Hall–Kier alpha value is -2.17. The van der Waals surface area contributed by atoms with Gasteiger partial charge >= 0.3 is 6.03 Å². The van der Waals surface area contributed by atoms with Crippen molar-refractivity contribution in [2.45, 2.75) is 23.1 Å². The molecule has 0 aliphatic heterocycles. The molecule has 10 heteroatoms. The van der Waals surface area contributed by atoms with Crippen LogP contribution in [0.2, 0.25) is 0 Å². The molecule has 140 valence electrons. The van der Waals surface area contributed by atoms with E-state index in [9.17, 15) is 9.59 Å². The van der Waals surface area contributed by atoms with Crippen LogP contribution in [0.1, 0.15) is 12.5 Å². The Labute approximate surface area is 160 Å². The molecule has 0 aliphatic rings. The topological polar surface area (TPSA) is 105 Å². The van der Waals surface area contributed by atoms with Crippen LogP contribution in [-0.2, 0) is 16.1 Å². The molecule has 8 nitrogen and oxygen atoms in total. The van der Waals surface area contributed by atoms with Gasteiger partial charge in [0.15, 0.2) is 4.34 Å². The van der Waals surface area contributed by atoms with E-state index in [1.165, 1.54) is 23.1 Å². The number of hydrogen-bond donors (Lipinski definition) is 3. The second kappa shape index (κ2) is 10.7. The van der Waals surface area contributed by atoms with Crippen LogP contribution in [0.15, 0.2) is 34.7 Å². The van der Waals surface area contributed by atoms with Crippen LogP contribution in [0, 0.1) is 0 Å². The fourth-order valence-corrected chi connectivity index (χ4v) is 3.75. The minimum atomic E-state index is -0.523. The molecule has 0 radical (unpaired) electrons. The molecular weight excluding hydrogens is 374 g/mol. The molecular formula is C16H21N5O3S2. The minimum Gasteiger partial charge on any atom is -0.383 e. The van der Waals surface area contributed by atoms with Gasteiger partial charge in [-0.25, -0.2) is 4.79 Å². The first-order valence-corrected chi connectivity index (χ1v) is 9.63. The summed E-state index contributed by atoms with van der Waals surface area (Å²) in [7, 11) is 1.62. The fraction of sp³-hybridized carbons (Fsp3) is 0.375. The standard InChI is InChI=1S/C16H21N5O3S2/c1-11(25-16-21-20-15(26-16)17-8-9-24-2)13(22)19-14(23)18-10-12-6-4-3-5-7-12/h3-7,11H,8-10H2,1-2H3,(H,17,20)(H2,18,19,22,23)/t11-/m0/s1. The first kappa shape index (κ1) is 20.1. The predicted octanol–water partition coefficient (Wildman–Crippen LogP) is 2.10. The van der Waals surface area contributed by atoms with Gasteiger partial charge in [-0.3, -0.25) is 10.1 Å². The Morgan fingerprint density at radius 1 is 1.27 bits per heavy atom. The van der Waals surface area contributed by atoms with Crippen LogP contribution in [0.25, 0.3) is 0 Å². The molecule has 1 atom stereocenters. The second-order valence-electron chi connectivity index (χ2n) is 5.21. The van der Waals surface area contributed by atoms with Gasteiger partial charge in [-0.15, -0.1) is 10.2 Å². The summed E-state index contributed by atoms with van der Waals surface area (Å²) >= 11 is 2.60. The second-order valence-corrected chi connectivity index (χ2v) is 7.78. The van der Waals surface area contributed by atoms with Gasteiger partial charge in [0.2, 0.25) is 11.0 Å². The number of aromatic nitrogens is 2. The van der Waals surface area contributed by atoms with E-state index >= 15 is 0 Å². The molecule has 0 spiro atoms. The van der Waals surface area contributed by atoms with Gasteiger partial charge in [0.05, 0.1) is 11.9 Å². The van der Waals surface area contributed by atoms with Crippen molar-refractivity contribution in [2.24, 2.45) is 0 Å². The van der Waals surface area contributed by atoms with Crippen LogP contribution < -0.4 is 16.0 Å². The van der Waals surface area contributed by atoms with Crippen LogP contribution >= 0.6 is 23.1 Å². The third-order valence-corrected chi connectivity index (χ3v) is 5.23. The number of nitrogens with zero attached hydrogens (tertiary/aromatic N) is 2. The zero-order valence-corrected chi connectivity index (χ0v) is 16.2. The van der Waals surface area contributed by atoms with E-state index in [1.807, 2.05) is 30.3 Å². The lowest BCUT2D eigenvalue weighted by Crippen LogP contribution is -2.42. The molecule has 0 bridgehead atoms. The molecule has 2 aromatic rings. The molecule has 0 aliphatic carbocycles. The Morgan fingerprint density at radius 2 is 2.04 bits per heavy atom. The van der Waals surface area contributed by atoms with Crippen molar-refractivity contribution in [3.05, 3.63) is 35.9 Å². The van der Waals surface area contributed by atoms with Crippen molar-refractivity contribution in [2.75, 3.05) is 25.6 Å².